The van der Waals surface area contributed by atoms with Crippen molar-refractivity contribution in [1.29, 1.82) is 0 Å². The minimum atomic E-state index is -0.0918. The Morgan fingerprint density at radius 1 is 1.25 bits per heavy atom. The first kappa shape index (κ1) is 18.4. The molecular formula is C18H23BrN4O. The number of hydrogen-bond donors (Lipinski definition) is 2. The molecule has 0 spiro atoms. The number of rotatable bonds is 7. The highest BCUT2D eigenvalue weighted by Gasteiger charge is 2.06. The summed E-state index contributed by atoms with van der Waals surface area (Å²) in [6.07, 6.45) is 2.51. The second-order valence-electron chi connectivity index (χ2n) is 5.93. The van der Waals surface area contributed by atoms with E-state index < -0.39 is 0 Å². The molecule has 0 saturated heterocycles. The number of anilines is 2. The van der Waals surface area contributed by atoms with Crippen LogP contribution in [0.1, 0.15) is 22.3 Å². The summed E-state index contributed by atoms with van der Waals surface area (Å²) in [5.74, 6) is 0.612. The van der Waals surface area contributed by atoms with Gasteiger partial charge in [0, 0.05) is 22.9 Å². The molecule has 0 bridgehead atoms. The van der Waals surface area contributed by atoms with Crippen LogP contribution in [0.15, 0.2) is 41.0 Å². The number of benzene rings is 1. The van der Waals surface area contributed by atoms with Gasteiger partial charge in [0.1, 0.15) is 5.82 Å². The molecule has 0 atom stereocenters. The minimum absolute atomic E-state index is 0.0918. The van der Waals surface area contributed by atoms with E-state index in [1.807, 2.05) is 45.3 Å². The zero-order valence-electron chi connectivity index (χ0n) is 14.3. The van der Waals surface area contributed by atoms with Crippen LogP contribution in [-0.4, -0.2) is 43.0 Å². The number of halogens is 1. The maximum absolute atomic E-state index is 12.0. The lowest BCUT2D eigenvalue weighted by Gasteiger charge is -2.10. The van der Waals surface area contributed by atoms with E-state index in [2.05, 4.69) is 36.4 Å². The van der Waals surface area contributed by atoms with Crippen LogP contribution < -0.4 is 10.6 Å². The topological polar surface area (TPSA) is 57.3 Å². The molecule has 128 valence electrons. The second kappa shape index (κ2) is 8.80. The summed E-state index contributed by atoms with van der Waals surface area (Å²) in [5, 5.41) is 6.13. The average Bonchev–Trinajstić information content (AvgIpc) is 2.55. The highest BCUT2D eigenvalue weighted by atomic mass is 79.9. The zero-order valence-corrected chi connectivity index (χ0v) is 15.9. The van der Waals surface area contributed by atoms with E-state index in [9.17, 15) is 4.79 Å². The summed E-state index contributed by atoms with van der Waals surface area (Å²) < 4.78 is 1.04. The molecule has 1 aromatic heterocycles. The van der Waals surface area contributed by atoms with Crippen LogP contribution in [0.25, 0.3) is 0 Å². The van der Waals surface area contributed by atoms with E-state index in [0.29, 0.717) is 17.9 Å². The molecule has 24 heavy (non-hydrogen) atoms. The molecular weight excluding hydrogens is 368 g/mol. The van der Waals surface area contributed by atoms with Gasteiger partial charge in [-0.3, -0.25) is 4.79 Å². The first-order valence-electron chi connectivity index (χ1n) is 7.88. The number of aromatic nitrogens is 1. The molecule has 0 fully saturated rings. The fourth-order valence-corrected chi connectivity index (χ4v) is 2.50. The van der Waals surface area contributed by atoms with Crippen molar-refractivity contribution in [2.24, 2.45) is 0 Å². The predicted octanol–water partition coefficient (Wildman–Crippen LogP) is 3.58. The van der Waals surface area contributed by atoms with Crippen LogP contribution in [0.3, 0.4) is 0 Å². The van der Waals surface area contributed by atoms with Crippen LogP contribution >= 0.6 is 15.9 Å². The van der Waals surface area contributed by atoms with Crippen molar-refractivity contribution in [1.82, 2.24) is 15.2 Å². The Bertz CT molecular complexity index is 686. The maximum Gasteiger partial charge on any atom is 0.252 e. The maximum atomic E-state index is 12.0. The Kier molecular flexibility index (Phi) is 6.75. The Morgan fingerprint density at radius 2 is 2.04 bits per heavy atom. The fourth-order valence-electron chi connectivity index (χ4n) is 2.12. The smallest absolute Gasteiger partial charge is 0.252 e. The van der Waals surface area contributed by atoms with Gasteiger partial charge < -0.3 is 15.5 Å². The highest BCUT2D eigenvalue weighted by Crippen LogP contribution is 2.22. The quantitative estimate of drug-likeness (QED) is 0.709. The Balaban J connectivity index is 1.90. The van der Waals surface area contributed by atoms with Gasteiger partial charge in [0.25, 0.3) is 5.91 Å². The van der Waals surface area contributed by atoms with Gasteiger partial charge in [0.2, 0.25) is 0 Å². The van der Waals surface area contributed by atoms with E-state index in [1.54, 1.807) is 12.3 Å². The van der Waals surface area contributed by atoms with Crippen LogP contribution in [-0.2, 0) is 0 Å². The summed E-state index contributed by atoms with van der Waals surface area (Å²) in [7, 11) is 4.04. The number of hydrogen-bond acceptors (Lipinski definition) is 4. The number of nitrogens with zero attached hydrogens (tertiary/aromatic N) is 2. The first-order valence-corrected chi connectivity index (χ1v) is 8.67. The average molecular weight is 391 g/mol. The summed E-state index contributed by atoms with van der Waals surface area (Å²) in [6, 6.07) is 9.61. The predicted molar refractivity (Wildman–Crippen MR) is 102 cm³/mol. The Morgan fingerprint density at radius 3 is 2.67 bits per heavy atom. The molecule has 0 aliphatic heterocycles. The summed E-state index contributed by atoms with van der Waals surface area (Å²) in [6.45, 7) is 3.65. The molecule has 1 amide bonds. The van der Waals surface area contributed by atoms with Crippen molar-refractivity contribution in [2.45, 2.75) is 13.3 Å². The Hall–Kier alpha value is -1.92. The molecule has 0 radical (unpaired) electrons. The van der Waals surface area contributed by atoms with E-state index in [0.717, 1.165) is 23.1 Å². The Labute approximate surface area is 151 Å². The zero-order chi connectivity index (χ0) is 17.5. The molecule has 6 heteroatoms. The SMILES string of the molecule is Cc1ccc(Nc2ccc(C(=O)NCCCN(C)C)cn2)cc1Br. The third-order valence-corrected chi connectivity index (χ3v) is 4.39. The molecule has 2 rings (SSSR count). The number of nitrogens with one attached hydrogen (secondary N) is 2. The number of carbonyl (C=O) groups is 1. The molecule has 0 saturated carbocycles. The summed E-state index contributed by atoms with van der Waals surface area (Å²) >= 11 is 3.51. The molecule has 0 unspecified atom stereocenters. The van der Waals surface area contributed by atoms with Crippen molar-refractivity contribution >= 4 is 33.3 Å². The van der Waals surface area contributed by atoms with Gasteiger partial charge in [0.05, 0.1) is 5.56 Å². The van der Waals surface area contributed by atoms with Crippen molar-refractivity contribution in [2.75, 3.05) is 32.5 Å². The largest absolute Gasteiger partial charge is 0.352 e. The number of aryl methyl sites for hydroxylation is 1. The lowest BCUT2D eigenvalue weighted by Crippen LogP contribution is -2.27. The van der Waals surface area contributed by atoms with E-state index in [4.69, 9.17) is 0 Å². The van der Waals surface area contributed by atoms with Gasteiger partial charge in [-0.2, -0.15) is 0 Å². The van der Waals surface area contributed by atoms with E-state index in [-0.39, 0.29) is 5.91 Å². The van der Waals surface area contributed by atoms with Crippen molar-refractivity contribution < 1.29 is 4.79 Å². The van der Waals surface area contributed by atoms with Gasteiger partial charge in [0.15, 0.2) is 0 Å². The normalized spacial score (nSPS) is 10.7. The second-order valence-corrected chi connectivity index (χ2v) is 6.79. The number of amides is 1. The molecule has 0 aliphatic carbocycles. The van der Waals surface area contributed by atoms with Gasteiger partial charge >= 0.3 is 0 Å². The van der Waals surface area contributed by atoms with Gasteiger partial charge in [-0.1, -0.05) is 22.0 Å². The molecule has 5 nitrogen and oxygen atoms in total. The van der Waals surface area contributed by atoms with Crippen LogP contribution in [0.2, 0.25) is 0 Å². The van der Waals surface area contributed by atoms with E-state index in [1.165, 1.54) is 5.56 Å². The minimum Gasteiger partial charge on any atom is -0.352 e. The van der Waals surface area contributed by atoms with Gasteiger partial charge in [-0.25, -0.2) is 4.98 Å². The van der Waals surface area contributed by atoms with Crippen LogP contribution in [0.5, 0.6) is 0 Å². The van der Waals surface area contributed by atoms with Gasteiger partial charge in [-0.15, -0.1) is 0 Å². The lowest BCUT2D eigenvalue weighted by molar-refractivity contribution is 0.0952. The summed E-state index contributed by atoms with van der Waals surface area (Å²) in [5.41, 5.74) is 2.69. The fraction of sp³-hybridized carbons (Fsp3) is 0.333. The van der Waals surface area contributed by atoms with Crippen molar-refractivity contribution in [3.8, 4) is 0 Å². The molecule has 2 aromatic rings. The molecule has 1 heterocycles. The van der Waals surface area contributed by atoms with Crippen LogP contribution in [0.4, 0.5) is 11.5 Å². The molecule has 0 aliphatic rings. The number of pyridine rings is 1. The molecule has 2 N–H and O–H groups in total. The monoisotopic (exact) mass is 390 g/mol. The first-order chi connectivity index (χ1) is 11.5. The standard InChI is InChI=1S/C18H23BrN4O/c1-13-5-7-15(11-16(13)19)22-17-8-6-14(12-21-17)18(24)20-9-4-10-23(2)3/h5-8,11-12H,4,9-10H2,1-3H3,(H,20,24)(H,21,22). The summed E-state index contributed by atoms with van der Waals surface area (Å²) in [4.78, 5) is 18.5. The highest BCUT2D eigenvalue weighted by molar-refractivity contribution is 9.10. The van der Waals surface area contributed by atoms with Crippen molar-refractivity contribution in [3.05, 3.63) is 52.1 Å². The van der Waals surface area contributed by atoms with Crippen molar-refractivity contribution in [3.63, 3.8) is 0 Å². The molecule has 1 aromatic carbocycles. The van der Waals surface area contributed by atoms with Crippen LogP contribution in [0, 0.1) is 6.92 Å². The van der Waals surface area contributed by atoms with E-state index >= 15 is 0 Å². The third-order valence-electron chi connectivity index (χ3n) is 3.54. The van der Waals surface area contributed by atoms with Gasteiger partial charge in [-0.05, 0) is 63.8 Å². The lowest BCUT2D eigenvalue weighted by atomic mass is 10.2. The third kappa shape index (κ3) is 5.62. The number of carbonyl (C=O) groups excluding carboxylic acids is 1.